The van der Waals surface area contributed by atoms with Crippen LogP contribution in [-0.2, 0) is 0 Å². The Kier molecular flexibility index (Phi) is 4.67. The maximum atomic E-state index is 12.2. The van der Waals surface area contributed by atoms with Crippen molar-refractivity contribution in [2.24, 2.45) is 0 Å². The lowest BCUT2D eigenvalue weighted by Gasteiger charge is -2.19. The number of aryl methyl sites for hydroxylation is 1. The Morgan fingerprint density at radius 1 is 1.38 bits per heavy atom. The van der Waals surface area contributed by atoms with Gasteiger partial charge in [-0.25, -0.2) is 4.79 Å². The van der Waals surface area contributed by atoms with Crippen molar-refractivity contribution in [3.05, 3.63) is 22.5 Å². The van der Waals surface area contributed by atoms with Crippen LogP contribution in [0.5, 0.6) is 0 Å². The van der Waals surface area contributed by atoms with Gasteiger partial charge in [0.15, 0.2) is 0 Å². The number of likely N-dealkylation sites (N-methyl/N-ethyl adjacent to an activating group) is 1. The summed E-state index contributed by atoms with van der Waals surface area (Å²) in [6, 6.07) is 0.682. The number of aromatic carboxylic acids is 1. The molecule has 1 aliphatic rings. The van der Waals surface area contributed by atoms with E-state index in [1.807, 2.05) is 0 Å². The van der Waals surface area contributed by atoms with E-state index in [2.05, 4.69) is 22.1 Å². The quantitative estimate of drug-likeness (QED) is 0.712. The van der Waals surface area contributed by atoms with E-state index in [1.165, 1.54) is 12.8 Å². The van der Waals surface area contributed by atoms with Crippen molar-refractivity contribution in [1.82, 2.24) is 15.2 Å². The van der Waals surface area contributed by atoms with E-state index in [0.717, 1.165) is 13.1 Å². The molecular formula is C15H23N3O3. The fourth-order valence-electron chi connectivity index (χ4n) is 2.74. The Labute approximate surface area is 124 Å². The number of aromatic nitrogens is 1. The monoisotopic (exact) mass is 293 g/mol. The van der Waals surface area contributed by atoms with Crippen LogP contribution in [-0.4, -0.2) is 52.5 Å². The summed E-state index contributed by atoms with van der Waals surface area (Å²) in [7, 11) is 0. The Hall–Kier alpha value is -1.82. The van der Waals surface area contributed by atoms with Crippen LogP contribution in [0, 0.1) is 13.8 Å². The van der Waals surface area contributed by atoms with Crippen LogP contribution in [0.3, 0.4) is 0 Å². The predicted molar refractivity (Wildman–Crippen MR) is 79.8 cm³/mol. The number of amides is 1. The summed E-state index contributed by atoms with van der Waals surface area (Å²) in [6.45, 7) is 7.91. The van der Waals surface area contributed by atoms with Gasteiger partial charge in [-0.2, -0.15) is 0 Å². The Balaban J connectivity index is 1.95. The third-order valence-corrected chi connectivity index (χ3v) is 4.03. The van der Waals surface area contributed by atoms with E-state index < -0.39 is 5.97 Å². The van der Waals surface area contributed by atoms with Crippen LogP contribution in [0.25, 0.3) is 0 Å². The summed E-state index contributed by atoms with van der Waals surface area (Å²) in [5.41, 5.74) is 1.62. The summed E-state index contributed by atoms with van der Waals surface area (Å²) in [4.78, 5) is 28.4. The molecule has 0 unspecified atom stereocenters. The first-order valence-corrected chi connectivity index (χ1v) is 7.40. The first-order valence-electron chi connectivity index (χ1n) is 7.40. The molecule has 1 aromatic rings. The molecule has 1 amide bonds. The average Bonchev–Trinajstić information content (AvgIpc) is 3.20. The lowest BCUT2D eigenvalue weighted by atomic mass is 10.1. The molecule has 1 aliphatic carbocycles. The number of H-pyrrole nitrogens is 1. The van der Waals surface area contributed by atoms with Gasteiger partial charge in [0.1, 0.15) is 5.69 Å². The van der Waals surface area contributed by atoms with Crippen molar-refractivity contribution in [2.45, 2.75) is 39.7 Å². The highest BCUT2D eigenvalue weighted by molar-refractivity contribution is 6.00. The average molecular weight is 293 g/mol. The fourth-order valence-corrected chi connectivity index (χ4v) is 2.74. The lowest BCUT2D eigenvalue weighted by Crippen LogP contribution is -2.36. The molecule has 0 saturated heterocycles. The maximum Gasteiger partial charge on any atom is 0.352 e. The number of nitrogens with one attached hydrogen (secondary N) is 2. The molecular weight excluding hydrogens is 270 g/mol. The van der Waals surface area contributed by atoms with Crippen LogP contribution >= 0.6 is 0 Å². The molecule has 3 N–H and O–H groups in total. The zero-order valence-electron chi connectivity index (χ0n) is 12.8. The number of carbonyl (C=O) groups is 2. The minimum absolute atomic E-state index is 0.0887. The molecule has 0 spiro atoms. The number of rotatable bonds is 7. The van der Waals surface area contributed by atoms with Crippen molar-refractivity contribution in [1.29, 1.82) is 0 Å². The van der Waals surface area contributed by atoms with Crippen LogP contribution in [0.2, 0.25) is 0 Å². The highest BCUT2D eigenvalue weighted by atomic mass is 16.4. The van der Waals surface area contributed by atoms with Gasteiger partial charge in [0.2, 0.25) is 0 Å². The Morgan fingerprint density at radius 2 is 2.05 bits per heavy atom. The fraction of sp³-hybridized carbons (Fsp3) is 0.600. The number of nitrogens with zero attached hydrogens (tertiary/aromatic N) is 1. The molecule has 0 radical (unpaired) electrons. The number of carboxylic acid groups (broad SMARTS) is 1. The molecule has 0 aliphatic heterocycles. The standard InChI is InChI=1S/C15H23N3O3/c1-4-18(11-5-6-11)8-7-16-14(19)12-9(2)13(15(20)21)17-10(12)3/h11,17H,4-8H2,1-3H3,(H,16,19)(H,20,21). The molecule has 6 nitrogen and oxygen atoms in total. The van der Waals surface area contributed by atoms with Crippen LogP contribution in [0.1, 0.15) is 51.9 Å². The van der Waals surface area contributed by atoms with Gasteiger partial charge in [-0.1, -0.05) is 6.92 Å². The van der Waals surface area contributed by atoms with E-state index in [1.54, 1.807) is 13.8 Å². The molecule has 116 valence electrons. The van der Waals surface area contributed by atoms with E-state index >= 15 is 0 Å². The highest BCUT2D eigenvalue weighted by Crippen LogP contribution is 2.25. The van der Waals surface area contributed by atoms with Crippen LogP contribution in [0.4, 0.5) is 0 Å². The Morgan fingerprint density at radius 3 is 2.52 bits per heavy atom. The van der Waals surface area contributed by atoms with Crippen molar-refractivity contribution < 1.29 is 14.7 Å². The molecule has 1 heterocycles. The lowest BCUT2D eigenvalue weighted by molar-refractivity contribution is 0.0690. The van der Waals surface area contributed by atoms with E-state index in [0.29, 0.717) is 29.4 Å². The summed E-state index contributed by atoms with van der Waals surface area (Å²) < 4.78 is 0. The topological polar surface area (TPSA) is 85.4 Å². The van der Waals surface area contributed by atoms with Crippen LogP contribution in [0.15, 0.2) is 0 Å². The van der Waals surface area contributed by atoms with E-state index in [4.69, 9.17) is 5.11 Å². The van der Waals surface area contributed by atoms with Crippen molar-refractivity contribution in [3.8, 4) is 0 Å². The minimum Gasteiger partial charge on any atom is -0.477 e. The predicted octanol–water partition coefficient (Wildman–Crippen LogP) is 1.54. The highest BCUT2D eigenvalue weighted by Gasteiger charge is 2.27. The number of carboxylic acids is 1. The van der Waals surface area contributed by atoms with E-state index in [-0.39, 0.29) is 11.6 Å². The molecule has 6 heteroatoms. The molecule has 1 saturated carbocycles. The number of hydrogen-bond acceptors (Lipinski definition) is 3. The molecule has 0 aromatic carbocycles. The van der Waals surface area contributed by atoms with Gasteiger partial charge >= 0.3 is 5.97 Å². The Bertz CT molecular complexity index is 547. The molecule has 21 heavy (non-hydrogen) atoms. The zero-order chi connectivity index (χ0) is 15.6. The van der Waals surface area contributed by atoms with Crippen LogP contribution < -0.4 is 5.32 Å². The zero-order valence-corrected chi connectivity index (χ0v) is 12.8. The van der Waals surface area contributed by atoms with Gasteiger partial charge in [0.05, 0.1) is 5.56 Å². The van der Waals surface area contributed by atoms with Gasteiger partial charge in [-0.15, -0.1) is 0 Å². The van der Waals surface area contributed by atoms with Gasteiger partial charge in [-0.05, 0) is 38.8 Å². The SMILES string of the molecule is CCN(CCNC(=O)c1c(C)[nH]c(C(=O)O)c1C)C1CC1. The van der Waals surface area contributed by atoms with Crippen molar-refractivity contribution >= 4 is 11.9 Å². The van der Waals surface area contributed by atoms with Crippen molar-refractivity contribution in [3.63, 3.8) is 0 Å². The molecule has 1 aromatic heterocycles. The number of hydrogen-bond donors (Lipinski definition) is 3. The van der Waals surface area contributed by atoms with Gasteiger partial charge in [0.25, 0.3) is 5.91 Å². The second kappa shape index (κ2) is 6.30. The number of carbonyl (C=O) groups excluding carboxylic acids is 1. The maximum absolute atomic E-state index is 12.2. The summed E-state index contributed by atoms with van der Waals surface area (Å²) in [5.74, 6) is -1.25. The summed E-state index contributed by atoms with van der Waals surface area (Å²) in [6.07, 6.45) is 2.50. The number of aromatic amines is 1. The third kappa shape index (κ3) is 3.44. The molecule has 0 bridgehead atoms. The smallest absolute Gasteiger partial charge is 0.352 e. The van der Waals surface area contributed by atoms with Gasteiger partial charge < -0.3 is 15.4 Å². The van der Waals surface area contributed by atoms with Gasteiger partial charge in [-0.3, -0.25) is 9.69 Å². The van der Waals surface area contributed by atoms with E-state index in [9.17, 15) is 9.59 Å². The normalized spacial score (nSPS) is 14.5. The molecule has 2 rings (SSSR count). The summed E-state index contributed by atoms with van der Waals surface area (Å²) >= 11 is 0. The second-order valence-electron chi connectivity index (χ2n) is 5.55. The molecule has 0 atom stereocenters. The molecule has 1 fully saturated rings. The van der Waals surface area contributed by atoms with Gasteiger partial charge in [0, 0.05) is 24.8 Å². The largest absolute Gasteiger partial charge is 0.477 e. The summed E-state index contributed by atoms with van der Waals surface area (Å²) in [5, 5.41) is 12.0. The second-order valence-corrected chi connectivity index (χ2v) is 5.55. The van der Waals surface area contributed by atoms with Crippen molar-refractivity contribution in [2.75, 3.05) is 19.6 Å². The first kappa shape index (κ1) is 15.6. The minimum atomic E-state index is -1.04. The third-order valence-electron chi connectivity index (χ3n) is 4.03. The first-order chi connectivity index (χ1) is 9.95.